The number of nitrogens with one attached hydrogen (secondary N) is 1. The van der Waals surface area contributed by atoms with Crippen molar-refractivity contribution < 1.29 is 0 Å². The molecule has 3 N–H and O–H groups in total. The normalized spacial score (nSPS) is 18.2. The quantitative estimate of drug-likeness (QED) is 0.785. The third-order valence-corrected chi connectivity index (χ3v) is 3.66. The summed E-state index contributed by atoms with van der Waals surface area (Å²) < 4.78 is 0. The van der Waals surface area contributed by atoms with Crippen LogP contribution >= 0.6 is 0 Å². The molecule has 0 unspecified atom stereocenters. The van der Waals surface area contributed by atoms with Crippen molar-refractivity contribution in [1.82, 2.24) is 4.90 Å². The first-order valence-corrected chi connectivity index (χ1v) is 6.59. The van der Waals surface area contributed by atoms with Crippen molar-refractivity contribution in [2.45, 2.75) is 19.8 Å². The van der Waals surface area contributed by atoms with Crippen molar-refractivity contribution in [3.8, 4) is 0 Å². The third kappa shape index (κ3) is 3.63. The first-order chi connectivity index (χ1) is 8.28. The predicted octanol–water partition coefficient (Wildman–Crippen LogP) is 2.41. The van der Waals surface area contributed by atoms with Crippen molar-refractivity contribution in [2.75, 3.05) is 37.2 Å². The lowest BCUT2D eigenvalue weighted by atomic mass is 9.97. The van der Waals surface area contributed by atoms with Gasteiger partial charge in [0.15, 0.2) is 0 Å². The molecule has 0 amide bonds. The van der Waals surface area contributed by atoms with Crippen molar-refractivity contribution in [1.29, 1.82) is 0 Å². The van der Waals surface area contributed by atoms with E-state index < -0.39 is 0 Å². The number of likely N-dealkylation sites (tertiary alicyclic amines) is 1. The number of hydrogen-bond donors (Lipinski definition) is 2. The summed E-state index contributed by atoms with van der Waals surface area (Å²) in [4.78, 5) is 2.53. The van der Waals surface area contributed by atoms with E-state index in [4.69, 9.17) is 5.73 Å². The average molecular weight is 233 g/mol. The van der Waals surface area contributed by atoms with E-state index in [-0.39, 0.29) is 0 Å². The van der Waals surface area contributed by atoms with E-state index in [9.17, 15) is 0 Å². The lowest BCUT2D eigenvalue weighted by Crippen LogP contribution is -2.35. The molecule has 1 fully saturated rings. The highest BCUT2D eigenvalue weighted by Gasteiger charge is 2.17. The van der Waals surface area contributed by atoms with Gasteiger partial charge in [-0.2, -0.15) is 0 Å². The summed E-state index contributed by atoms with van der Waals surface area (Å²) in [6.45, 7) is 7.03. The van der Waals surface area contributed by atoms with Gasteiger partial charge in [0.05, 0.1) is 0 Å². The highest BCUT2D eigenvalue weighted by atomic mass is 15.1. The molecule has 0 spiro atoms. The number of nitrogens with two attached hydrogens (primary N) is 1. The second-order valence-electron chi connectivity index (χ2n) is 4.88. The Balaban J connectivity index is 1.74. The van der Waals surface area contributed by atoms with Crippen LogP contribution in [-0.4, -0.2) is 31.1 Å². The number of hydrogen-bond acceptors (Lipinski definition) is 3. The maximum absolute atomic E-state index is 5.66. The standard InChI is InChI=1S/C14H23N3/c1-2-17-9-7-12(8-10-17)11-16-14-5-3-13(15)4-6-14/h3-6,12,16H,2,7-11,15H2,1H3. The predicted molar refractivity (Wildman–Crippen MR) is 74.2 cm³/mol. The van der Waals surface area contributed by atoms with Gasteiger partial charge in [0.25, 0.3) is 0 Å². The maximum atomic E-state index is 5.66. The Bertz CT molecular complexity index is 326. The largest absolute Gasteiger partial charge is 0.399 e. The smallest absolute Gasteiger partial charge is 0.0341 e. The Kier molecular flexibility index (Phi) is 4.26. The van der Waals surface area contributed by atoms with Gasteiger partial charge >= 0.3 is 0 Å². The molecule has 0 aliphatic carbocycles. The molecule has 1 heterocycles. The van der Waals surface area contributed by atoms with Crippen molar-refractivity contribution >= 4 is 11.4 Å². The molecule has 1 aromatic rings. The molecule has 2 rings (SSSR count). The first-order valence-electron chi connectivity index (χ1n) is 6.59. The SMILES string of the molecule is CCN1CCC(CNc2ccc(N)cc2)CC1. The second kappa shape index (κ2) is 5.92. The monoisotopic (exact) mass is 233 g/mol. The summed E-state index contributed by atoms with van der Waals surface area (Å²) in [5.74, 6) is 0.815. The van der Waals surface area contributed by atoms with Gasteiger partial charge in [-0.1, -0.05) is 6.92 Å². The van der Waals surface area contributed by atoms with Crippen molar-refractivity contribution in [2.24, 2.45) is 5.92 Å². The minimum absolute atomic E-state index is 0.815. The van der Waals surface area contributed by atoms with Crippen LogP contribution < -0.4 is 11.1 Å². The van der Waals surface area contributed by atoms with Gasteiger partial charge in [0, 0.05) is 17.9 Å². The number of anilines is 2. The molecule has 1 aliphatic heterocycles. The van der Waals surface area contributed by atoms with E-state index in [2.05, 4.69) is 29.3 Å². The Morgan fingerprint density at radius 1 is 1.24 bits per heavy atom. The Hall–Kier alpha value is -1.22. The molecule has 0 saturated carbocycles. The summed E-state index contributed by atoms with van der Waals surface area (Å²) >= 11 is 0. The maximum Gasteiger partial charge on any atom is 0.0341 e. The lowest BCUT2D eigenvalue weighted by Gasteiger charge is -2.31. The first kappa shape index (κ1) is 12.2. The molecule has 0 atom stereocenters. The summed E-state index contributed by atoms with van der Waals surface area (Å²) in [5.41, 5.74) is 7.67. The minimum Gasteiger partial charge on any atom is -0.399 e. The van der Waals surface area contributed by atoms with Gasteiger partial charge in [-0.3, -0.25) is 0 Å². The molecule has 1 aliphatic rings. The fraction of sp³-hybridized carbons (Fsp3) is 0.571. The van der Waals surface area contributed by atoms with Crippen LogP contribution in [0.4, 0.5) is 11.4 Å². The van der Waals surface area contributed by atoms with Gasteiger partial charge in [-0.15, -0.1) is 0 Å². The van der Waals surface area contributed by atoms with Gasteiger partial charge in [-0.25, -0.2) is 0 Å². The zero-order valence-corrected chi connectivity index (χ0v) is 10.7. The van der Waals surface area contributed by atoms with E-state index in [1.54, 1.807) is 0 Å². The molecule has 94 valence electrons. The highest BCUT2D eigenvalue weighted by molar-refractivity contribution is 5.51. The van der Waals surface area contributed by atoms with E-state index in [0.29, 0.717) is 0 Å². The molecular formula is C14H23N3. The number of rotatable bonds is 4. The van der Waals surface area contributed by atoms with Crippen molar-refractivity contribution in [3.05, 3.63) is 24.3 Å². The minimum atomic E-state index is 0.815. The Labute approximate surface area is 104 Å². The van der Waals surface area contributed by atoms with Gasteiger partial charge in [-0.05, 0) is 62.7 Å². The van der Waals surface area contributed by atoms with E-state index in [0.717, 1.165) is 18.2 Å². The zero-order chi connectivity index (χ0) is 12.1. The van der Waals surface area contributed by atoms with Gasteiger partial charge in [0.1, 0.15) is 0 Å². The summed E-state index contributed by atoms with van der Waals surface area (Å²) in [7, 11) is 0. The van der Waals surface area contributed by atoms with Crippen LogP contribution in [0, 0.1) is 5.92 Å². The van der Waals surface area contributed by atoms with Gasteiger partial charge < -0.3 is 16.0 Å². The number of nitrogen functional groups attached to an aromatic ring is 1. The van der Waals surface area contributed by atoms with Crippen LogP contribution in [0.3, 0.4) is 0 Å². The third-order valence-electron chi connectivity index (χ3n) is 3.66. The number of nitrogens with zero attached hydrogens (tertiary/aromatic N) is 1. The zero-order valence-electron chi connectivity index (χ0n) is 10.7. The fourth-order valence-electron chi connectivity index (χ4n) is 2.37. The molecule has 1 aromatic carbocycles. The molecule has 0 radical (unpaired) electrons. The molecule has 3 heteroatoms. The topological polar surface area (TPSA) is 41.3 Å². The Morgan fingerprint density at radius 3 is 2.47 bits per heavy atom. The molecule has 0 bridgehead atoms. The molecule has 3 nitrogen and oxygen atoms in total. The highest BCUT2D eigenvalue weighted by Crippen LogP contribution is 2.18. The van der Waals surface area contributed by atoms with E-state index in [1.165, 1.54) is 38.2 Å². The summed E-state index contributed by atoms with van der Waals surface area (Å²) in [6.07, 6.45) is 2.63. The van der Waals surface area contributed by atoms with Crippen LogP contribution in [0.15, 0.2) is 24.3 Å². The second-order valence-corrected chi connectivity index (χ2v) is 4.88. The van der Waals surface area contributed by atoms with E-state index >= 15 is 0 Å². The number of benzene rings is 1. The number of piperidine rings is 1. The molecule has 1 saturated heterocycles. The van der Waals surface area contributed by atoms with E-state index in [1.807, 2.05) is 12.1 Å². The fourth-order valence-corrected chi connectivity index (χ4v) is 2.37. The van der Waals surface area contributed by atoms with Crippen LogP contribution in [0.5, 0.6) is 0 Å². The average Bonchev–Trinajstić information content (AvgIpc) is 2.39. The van der Waals surface area contributed by atoms with Crippen LogP contribution in [0.2, 0.25) is 0 Å². The molecular weight excluding hydrogens is 210 g/mol. The van der Waals surface area contributed by atoms with Crippen LogP contribution in [0.1, 0.15) is 19.8 Å². The summed E-state index contributed by atoms with van der Waals surface area (Å²) in [5, 5.41) is 3.50. The van der Waals surface area contributed by atoms with Crippen molar-refractivity contribution in [3.63, 3.8) is 0 Å². The molecule has 0 aromatic heterocycles. The van der Waals surface area contributed by atoms with Crippen LogP contribution in [-0.2, 0) is 0 Å². The van der Waals surface area contributed by atoms with Gasteiger partial charge in [0.2, 0.25) is 0 Å². The summed E-state index contributed by atoms with van der Waals surface area (Å²) in [6, 6.07) is 8.00. The van der Waals surface area contributed by atoms with Crippen LogP contribution in [0.25, 0.3) is 0 Å². The molecule has 17 heavy (non-hydrogen) atoms. The Morgan fingerprint density at radius 2 is 1.88 bits per heavy atom. The lowest BCUT2D eigenvalue weighted by molar-refractivity contribution is 0.198.